The molecule has 2 aromatic carbocycles. The molecular weight excluding hydrogens is 402 g/mol. The first-order valence-corrected chi connectivity index (χ1v) is 10.3. The van der Waals surface area contributed by atoms with Gasteiger partial charge in [0.15, 0.2) is 5.96 Å². The topological polar surface area (TPSA) is 85.8 Å². The molecule has 1 saturated heterocycles. The molecule has 3 N–H and O–H groups in total. The molecule has 1 aliphatic rings. The summed E-state index contributed by atoms with van der Waals surface area (Å²) in [5.74, 6) is 0.465. The minimum absolute atomic E-state index is 0.107. The van der Waals surface area contributed by atoms with Gasteiger partial charge >= 0.3 is 0 Å². The average molecular weight is 428 g/mol. The largest absolute Gasteiger partial charge is 0.357 e. The van der Waals surface area contributed by atoms with Gasteiger partial charge in [0.2, 0.25) is 5.91 Å². The van der Waals surface area contributed by atoms with Crippen molar-refractivity contribution in [2.45, 2.75) is 20.0 Å². The Balaban J connectivity index is 1.57. The van der Waals surface area contributed by atoms with Crippen LogP contribution in [-0.4, -0.2) is 48.9 Å². The van der Waals surface area contributed by atoms with Crippen molar-refractivity contribution in [3.63, 3.8) is 0 Å². The van der Waals surface area contributed by atoms with Crippen LogP contribution >= 0.6 is 11.6 Å². The van der Waals surface area contributed by atoms with Gasteiger partial charge in [0.05, 0.1) is 13.1 Å². The van der Waals surface area contributed by atoms with E-state index in [0.717, 1.165) is 17.7 Å². The number of aliphatic imine (C=N–C) groups is 1. The first-order valence-electron chi connectivity index (χ1n) is 9.96. The van der Waals surface area contributed by atoms with E-state index in [1.807, 2.05) is 43.3 Å². The molecule has 0 aromatic heterocycles. The maximum atomic E-state index is 12.5. The number of rotatable bonds is 6. The molecule has 1 fully saturated rings. The smallest absolute Gasteiger partial charge is 0.254 e. The van der Waals surface area contributed by atoms with Gasteiger partial charge in [0, 0.05) is 36.8 Å². The third kappa shape index (κ3) is 6.22. The van der Waals surface area contributed by atoms with Gasteiger partial charge in [-0.05, 0) is 42.3 Å². The van der Waals surface area contributed by atoms with Crippen molar-refractivity contribution in [3.8, 4) is 0 Å². The number of carbonyl (C=O) groups is 2. The van der Waals surface area contributed by atoms with Crippen LogP contribution in [0.1, 0.15) is 28.4 Å². The third-order valence-electron chi connectivity index (χ3n) is 4.66. The van der Waals surface area contributed by atoms with E-state index in [2.05, 4.69) is 20.9 Å². The maximum Gasteiger partial charge on any atom is 0.254 e. The Kier molecular flexibility index (Phi) is 7.68. The van der Waals surface area contributed by atoms with Crippen molar-refractivity contribution in [1.29, 1.82) is 0 Å². The summed E-state index contributed by atoms with van der Waals surface area (Å²) in [5, 5.41) is 9.96. The van der Waals surface area contributed by atoms with Crippen molar-refractivity contribution < 1.29 is 9.59 Å². The SMILES string of the molecule is CCNC(=NCc1ccc(C(=O)N2CCNC(=O)C2)cc1)NCc1ccc(Cl)cc1. The first kappa shape index (κ1) is 21.6. The van der Waals surface area contributed by atoms with E-state index in [1.54, 1.807) is 17.0 Å². The monoisotopic (exact) mass is 427 g/mol. The molecule has 1 aliphatic heterocycles. The summed E-state index contributed by atoms with van der Waals surface area (Å²) >= 11 is 5.92. The maximum absolute atomic E-state index is 12.5. The van der Waals surface area contributed by atoms with Gasteiger partial charge in [0.1, 0.15) is 0 Å². The highest BCUT2D eigenvalue weighted by Gasteiger charge is 2.22. The van der Waals surface area contributed by atoms with Gasteiger partial charge in [-0.15, -0.1) is 0 Å². The molecule has 8 heteroatoms. The number of benzene rings is 2. The minimum Gasteiger partial charge on any atom is -0.357 e. The van der Waals surface area contributed by atoms with Gasteiger partial charge in [-0.2, -0.15) is 0 Å². The van der Waals surface area contributed by atoms with Gasteiger partial charge in [-0.1, -0.05) is 35.9 Å². The second-order valence-electron chi connectivity index (χ2n) is 6.95. The molecule has 158 valence electrons. The van der Waals surface area contributed by atoms with Crippen LogP contribution in [0.25, 0.3) is 0 Å². The molecule has 0 spiro atoms. The summed E-state index contributed by atoms with van der Waals surface area (Å²) < 4.78 is 0. The fourth-order valence-electron chi connectivity index (χ4n) is 3.05. The summed E-state index contributed by atoms with van der Waals surface area (Å²) in [5.41, 5.74) is 2.68. The zero-order valence-corrected chi connectivity index (χ0v) is 17.7. The number of amides is 2. The predicted octanol–water partition coefficient (Wildman–Crippen LogP) is 2.17. The summed E-state index contributed by atoms with van der Waals surface area (Å²) in [6.45, 7) is 5.02. The Hall–Kier alpha value is -3.06. The standard InChI is InChI=1S/C22H26ClN5O2/c1-2-24-22(27-14-17-5-9-19(23)10-6-17)26-13-16-3-7-18(8-4-16)21(30)28-12-11-25-20(29)15-28/h3-10H,2,11-15H2,1H3,(H,25,29)(H2,24,26,27). The van der Waals surface area contributed by atoms with Crippen molar-refractivity contribution >= 4 is 29.4 Å². The highest BCUT2D eigenvalue weighted by molar-refractivity contribution is 6.30. The Morgan fingerprint density at radius 1 is 1.10 bits per heavy atom. The van der Waals surface area contributed by atoms with Crippen LogP contribution in [0, 0.1) is 0 Å². The normalized spacial score (nSPS) is 14.3. The number of carbonyl (C=O) groups excluding carboxylic acids is 2. The molecule has 0 radical (unpaired) electrons. The van der Waals surface area contributed by atoms with Crippen LogP contribution in [0.4, 0.5) is 0 Å². The number of hydrogen-bond acceptors (Lipinski definition) is 3. The van der Waals surface area contributed by atoms with Crippen LogP contribution in [0.3, 0.4) is 0 Å². The summed E-state index contributed by atoms with van der Waals surface area (Å²) in [4.78, 5) is 30.2. The molecule has 3 rings (SSSR count). The number of nitrogens with zero attached hydrogens (tertiary/aromatic N) is 2. The second-order valence-corrected chi connectivity index (χ2v) is 7.39. The zero-order valence-electron chi connectivity index (χ0n) is 17.0. The van der Waals surface area contributed by atoms with Crippen LogP contribution in [0.2, 0.25) is 5.02 Å². The molecule has 0 atom stereocenters. The molecule has 0 unspecified atom stereocenters. The Morgan fingerprint density at radius 3 is 2.47 bits per heavy atom. The lowest BCUT2D eigenvalue weighted by atomic mass is 10.1. The number of piperazine rings is 1. The number of hydrogen-bond donors (Lipinski definition) is 3. The molecule has 30 heavy (non-hydrogen) atoms. The quantitative estimate of drug-likeness (QED) is 0.487. The Morgan fingerprint density at radius 2 is 1.80 bits per heavy atom. The van der Waals surface area contributed by atoms with Crippen molar-refractivity contribution in [3.05, 3.63) is 70.2 Å². The van der Waals surface area contributed by atoms with E-state index in [4.69, 9.17) is 11.6 Å². The van der Waals surface area contributed by atoms with E-state index in [9.17, 15) is 9.59 Å². The lowest BCUT2D eigenvalue weighted by molar-refractivity contribution is -0.123. The lowest BCUT2D eigenvalue weighted by Crippen LogP contribution is -2.49. The molecule has 0 bridgehead atoms. The molecule has 7 nitrogen and oxygen atoms in total. The Labute approximate surface area is 181 Å². The highest BCUT2D eigenvalue weighted by atomic mass is 35.5. The van der Waals surface area contributed by atoms with E-state index in [1.165, 1.54) is 0 Å². The molecular formula is C22H26ClN5O2. The van der Waals surface area contributed by atoms with Crippen molar-refractivity contribution in [2.75, 3.05) is 26.2 Å². The fraction of sp³-hybridized carbons (Fsp3) is 0.318. The van der Waals surface area contributed by atoms with Crippen LogP contribution in [0.15, 0.2) is 53.5 Å². The Bertz CT molecular complexity index is 897. The molecule has 2 amide bonds. The zero-order chi connectivity index (χ0) is 21.3. The van der Waals surface area contributed by atoms with Gasteiger partial charge in [-0.25, -0.2) is 4.99 Å². The lowest BCUT2D eigenvalue weighted by Gasteiger charge is -2.26. The van der Waals surface area contributed by atoms with Gasteiger partial charge in [-0.3, -0.25) is 9.59 Å². The predicted molar refractivity (Wildman–Crippen MR) is 118 cm³/mol. The minimum atomic E-state index is -0.127. The van der Waals surface area contributed by atoms with E-state index in [0.29, 0.717) is 42.7 Å². The number of guanidine groups is 1. The molecule has 2 aromatic rings. The van der Waals surface area contributed by atoms with Crippen molar-refractivity contribution in [1.82, 2.24) is 20.9 Å². The molecule has 0 aliphatic carbocycles. The van der Waals surface area contributed by atoms with E-state index < -0.39 is 0 Å². The second kappa shape index (κ2) is 10.6. The molecule has 0 saturated carbocycles. The van der Waals surface area contributed by atoms with Crippen LogP contribution < -0.4 is 16.0 Å². The first-order chi connectivity index (χ1) is 14.5. The summed E-state index contributed by atoms with van der Waals surface area (Å²) in [7, 11) is 0. The van der Waals surface area contributed by atoms with E-state index >= 15 is 0 Å². The fourth-order valence-corrected chi connectivity index (χ4v) is 3.17. The average Bonchev–Trinajstić information content (AvgIpc) is 2.76. The van der Waals surface area contributed by atoms with Crippen LogP contribution in [-0.2, 0) is 17.9 Å². The van der Waals surface area contributed by atoms with Crippen molar-refractivity contribution in [2.24, 2.45) is 4.99 Å². The highest BCUT2D eigenvalue weighted by Crippen LogP contribution is 2.11. The molecule has 1 heterocycles. The van der Waals surface area contributed by atoms with E-state index in [-0.39, 0.29) is 18.4 Å². The van der Waals surface area contributed by atoms with Crippen LogP contribution in [0.5, 0.6) is 0 Å². The number of nitrogens with one attached hydrogen (secondary N) is 3. The number of halogens is 1. The van der Waals surface area contributed by atoms with Gasteiger partial charge < -0.3 is 20.9 Å². The summed E-state index contributed by atoms with van der Waals surface area (Å²) in [6.07, 6.45) is 0. The third-order valence-corrected chi connectivity index (χ3v) is 4.92. The van der Waals surface area contributed by atoms with Gasteiger partial charge in [0.25, 0.3) is 5.91 Å². The summed E-state index contributed by atoms with van der Waals surface area (Å²) in [6, 6.07) is 15.0.